The van der Waals surface area contributed by atoms with Gasteiger partial charge in [0.05, 0.1) is 15.8 Å². The Labute approximate surface area is 170 Å². The smallest absolute Gasteiger partial charge is 0.346 e. The Bertz CT molecular complexity index is 960. The van der Waals surface area contributed by atoms with E-state index in [1.807, 2.05) is 0 Å². The summed E-state index contributed by atoms with van der Waals surface area (Å²) in [6.45, 7) is 2.26. The van der Waals surface area contributed by atoms with Crippen LogP contribution < -0.4 is 21.7 Å². The van der Waals surface area contributed by atoms with Crippen molar-refractivity contribution in [1.82, 2.24) is 16.0 Å². The van der Waals surface area contributed by atoms with Crippen LogP contribution in [0.15, 0.2) is 30.3 Å². The van der Waals surface area contributed by atoms with Crippen molar-refractivity contribution in [3.63, 3.8) is 0 Å². The molecule has 154 valence electrons. The van der Waals surface area contributed by atoms with Crippen LogP contribution in [-0.2, 0) is 11.3 Å². The van der Waals surface area contributed by atoms with E-state index in [0.717, 1.165) is 16.9 Å². The molecular weight excluding hydrogens is 396 g/mol. The normalized spacial score (nSPS) is 21.0. The van der Waals surface area contributed by atoms with E-state index in [-0.39, 0.29) is 23.1 Å². The number of nitrogens with two attached hydrogens (primary N) is 1. The molecule has 1 fully saturated rings. The summed E-state index contributed by atoms with van der Waals surface area (Å²) in [6.07, 6.45) is 0.415. The van der Waals surface area contributed by atoms with Crippen molar-refractivity contribution in [3.8, 4) is 5.75 Å². The van der Waals surface area contributed by atoms with Crippen molar-refractivity contribution in [2.75, 3.05) is 6.54 Å². The SMILES string of the molecule is Cc1cc(C(=O)NCc2cccc(O)c2)sc1C(=O)N[C@@]1(C(=O)O)NCCC1N. The maximum absolute atomic E-state index is 12.7. The number of thiophene rings is 1. The van der Waals surface area contributed by atoms with E-state index in [4.69, 9.17) is 5.73 Å². The molecule has 0 bridgehead atoms. The Morgan fingerprint density at radius 1 is 1.31 bits per heavy atom. The molecule has 0 aliphatic carbocycles. The zero-order valence-corrected chi connectivity index (χ0v) is 16.5. The molecule has 0 spiro atoms. The lowest BCUT2D eigenvalue weighted by Gasteiger charge is -2.29. The van der Waals surface area contributed by atoms with Crippen LogP contribution >= 0.6 is 11.3 Å². The number of amides is 2. The molecule has 0 radical (unpaired) electrons. The molecule has 2 amide bonds. The van der Waals surface area contributed by atoms with Crippen molar-refractivity contribution in [3.05, 3.63) is 51.2 Å². The zero-order valence-electron chi connectivity index (χ0n) is 15.7. The zero-order chi connectivity index (χ0) is 21.2. The Morgan fingerprint density at radius 3 is 2.69 bits per heavy atom. The van der Waals surface area contributed by atoms with E-state index in [9.17, 15) is 24.6 Å². The van der Waals surface area contributed by atoms with Gasteiger partial charge in [-0.05, 0) is 49.2 Å². The van der Waals surface area contributed by atoms with Gasteiger partial charge >= 0.3 is 5.97 Å². The third kappa shape index (κ3) is 4.24. The van der Waals surface area contributed by atoms with Gasteiger partial charge in [0.15, 0.2) is 0 Å². The molecular formula is C19H22N4O5S. The number of hydrogen-bond acceptors (Lipinski definition) is 7. The topological polar surface area (TPSA) is 154 Å². The number of aromatic hydroxyl groups is 1. The molecule has 2 aromatic rings. The van der Waals surface area contributed by atoms with Gasteiger partial charge in [-0.25, -0.2) is 4.79 Å². The largest absolute Gasteiger partial charge is 0.508 e. The third-order valence-electron chi connectivity index (χ3n) is 4.77. The highest BCUT2D eigenvalue weighted by Gasteiger charge is 2.49. The number of phenols is 1. The highest BCUT2D eigenvalue weighted by atomic mass is 32.1. The summed E-state index contributed by atoms with van der Waals surface area (Å²) in [4.78, 5) is 37.4. The molecule has 1 unspecified atom stereocenters. The van der Waals surface area contributed by atoms with Gasteiger partial charge in [-0.2, -0.15) is 0 Å². The molecule has 2 atom stereocenters. The number of carbonyl (C=O) groups is 3. The number of carboxylic acid groups (broad SMARTS) is 1. The first-order valence-corrected chi connectivity index (χ1v) is 9.77. The van der Waals surface area contributed by atoms with E-state index in [2.05, 4.69) is 16.0 Å². The maximum atomic E-state index is 12.7. The third-order valence-corrected chi connectivity index (χ3v) is 6.01. The van der Waals surface area contributed by atoms with Crippen LogP contribution in [0, 0.1) is 6.92 Å². The molecule has 1 aliphatic rings. The van der Waals surface area contributed by atoms with Crippen molar-refractivity contribution in [2.24, 2.45) is 5.73 Å². The fourth-order valence-corrected chi connectivity index (χ4v) is 4.17. The molecule has 1 saturated heterocycles. The average molecular weight is 418 g/mol. The minimum Gasteiger partial charge on any atom is -0.508 e. The van der Waals surface area contributed by atoms with E-state index < -0.39 is 23.6 Å². The molecule has 1 aromatic carbocycles. The summed E-state index contributed by atoms with van der Waals surface area (Å²) in [6, 6.07) is 7.33. The standard InChI is InChI=1S/C19H22N4O5S/c1-10-7-13(16(25)21-9-11-3-2-4-12(24)8-11)29-15(10)17(26)23-19(18(27)28)14(20)5-6-22-19/h2-4,7-8,14,22,24H,5-6,9,20H2,1H3,(H,21,25)(H,23,26)(H,27,28)/t14?,19-/m0/s1. The molecule has 1 aliphatic heterocycles. The number of carboxylic acids is 1. The number of hydrogen-bond donors (Lipinski definition) is 6. The summed E-state index contributed by atoms with van der Waals surface area (Å²) in [5.74, 6) is -2.13. The van der Waals surface area contributed by atoms with Gasteiger partial charge < -0.3 is 26.6 Å². The number of rotatable bonds is 6. The molecule has 29 heavy (non-hydrogen) atoms. The summed E-state index contributed by atoms with van der Waals surface area (Å²) in [5.41, 5.74) is 5.46. The van der Waals surface area contributed by atoms with Crippen LogP contribution in [-0.4, -0.2) is 46.2 Å². The van der Waals surface area contributed by atoms with Gasteiger partial charge in [0, 0.05) is 6.54 Å². The minimum atomic E-state index is -1.73. The molecule has 10 heteroatoms. The lowest BCUT2D eigenvalue weighted by Crippen LogP contribution is -2.68. The van der Waals surface area contributed by atoms with Crippen LogP contribution in [0.5, 0.6) is 5.75 Å². The Kier molecular flexibility index (Phi) is 5.87. The fraction of sp³-hybridized carbons (Fsp3) is 0.316. The summed E-state index contributed by atoms with van der Waals surface area (Å²) < 4.78 is 0. The Hall–Kier alpha value is -2.95. The lowest BCUT2D eigenvalue weighted by molar-refractivity contribution is -0.145. The van der Waals surface area contributed by atoms with Crippen LogP contribution in [0.1, 0.15) is 36.9 Å². The number of benzene rings is 1. The second-order valence-corrected chi connectivity index (χ2v) is 7.92. The summed E-state index contributed by atoms with van der Waals surface area (Å²) in [5, 5.41) is 27.0. The van der Waals surface area contributed by atoms with E-state index in [1.54, 1.807) is 31.2 Å². The lowest BCUT2D eigenvalue weighted by atomic mass is 10.0. The predicted octanol–water partition coefficient (Wildman–Crippen LogP) is 0.523. The monoisotopic (exact) mass is 418 g/mol. The van der Waals surface area contributed by atoms with E-state index in [1.165, 1.54) is 6.07 Å². The van der Waals surface area contributed by atoms with Crippen molar-refractivity contribution in [2.45, 2.75) is 31.6 Å². The van der Waals surface area contributed by atoms with Gasteiger partial charge in [0.1, 0.15) is 5.75 Å². The number of carbonyl (C=O) groups excluding carboxylic acids is 2. The van der Waals surface area contributed by atoms with E-state index >= 15 is 0 Å². The molecule has 2 heterocycles. The molecule has 7 N–H and O–H groups in total. The highest BCUT2D eigenvalue weighted by molar-refractivity contribution is 7.16. The first-order valence-electron chi connectivity index (χ1n) is 8.96. The predicted molar refractivity (Wildman–Crippen MR) is 107 cm³/mol. The average Bonchev–Trinajstić information content (AvgIpc) is 3.23. The van der Waals surface area contributed by atoms with Gasteiger partial charge in [-0.3, -0.25) is 14.9 Å². The van der Waals surface area contributed by atoms with Crippen molar-refractivity contribution >= 4 is 29.1 Å². The molecule has 9 nitrogen and oxygen atoms in total. The Balaban J connectivity index is 1.71. The van der Waals surface area contributed by atoms with Crippen molar-refractivity contribution in [1.29, 1.82) is 0 Å². The molecule has 0 saturated carbocycles. The van der Waals surface area contributed by atoms with Gasteiger partial charge in [-0.1, -0.05) is 12.1 Å². The second kappa shape index (κ2) is 8.19. The first-order chi connectivity index (χ1) is 13.7. The van der Waals surface area contributed by atoms with Crippen LogP contribution in [0.2, 0.25) is 0 Å². The number of phenolic OH excluding ortho intramolecular Hbond substituents is 1. The van der Waals surface area contributed by atoms with Gasteiger partial charge in [0.2, 0.25) is 5.66 Å². The van der Waals surface area contributed by atoms with Gasteiger partial charge in [0.25, 0.3) is 11.8 Å². The van der Waals surface area contributed by atoms with E-state index in [0.29, 0.717) is 23.4 Å². The summed E-state index contributed by atoms with van der Waals surface area (Å²) in [7, 11) is 0. The van der Waals surface area contributed by atoms with Crippen LogP contribution in [0.3, 0.4) is 0 Å². The first kappa shape index (κ1) is 20.8. The quantitative estimate of drug-likeness (QED) is 0.400. The number of nitrogens with one attached hydrogen (secondary N) is 3. The number of aryl methyl sites for hydroxylation is 1. The second-order valence-electron chi connectivity index (χ2n) is 6.86. The van der Waals surface area contributed by atoms with Crippen molar-refractivity contribution < 1.29 is 24.6 Å². The molecule has 1 aromatic heterocycles. The Morgan fingerprint density at radius 2 is 2.07 bits per heavy atom. The number of aliphatic carboxylic acids is 1. The summed E-state index contributed by atoms with van der Waals surface area (Å²) >= 11 is 0.974. The fourth-order valence-electron chi connectivity index (χ4n) is 3.19. The maximum Gasteiger partial charge on any atom is 0.346 e. The highest BCUT2D eigenvalue weighted by Crippen LogP contribution is 2.24. The van der Waals surface area contributed by atoms with Gasteiger partial charge in [-0.15, -0.1) is 11.3 Å². The minimum absolute atomic E-state index is 0.105. The van der Waals surface area contributed by atoms with Crippen LogP contribution in [0.25, 0.3) is 0 Å². The molecule has 3 rings (SSSR count). The van der Waals surface area contributed by atoms with Crippen LogP contribution in [0.4, 0.5) is 0 Å².